The maximum Gasteiger partial charge on any atom is 0.0245 e. The highest BCUT2D eigenvalue weighted by atomic mass is 79.9. The predicted molar refractivity (Wildman–Crippen MR) is 100.0 cm³/mol. The molecule has 0 unspecified atom stereocenters. The van der Waals surface area contributed by atoms with Crippen molar-refractivity contribution in [2.24, 2.45) is 0 Å². The molecule has 3 rings (SSSR count). The minimum atomic E-state index is 0.358. The van der Waals surface area contributed by atoms with Gasteiger partial charge in [0.2, 0.25) is 0 Å². The Morgan fingerprint density at radius 1 is 0.818 bits per heavy atom. The standard InChI is InChI=1S/C21H31Br/c1-4-5-6-7-14-21(2,3)19-15-10-8-12-17(15)20(22)18-13-9-11-16(18)19/h4-14H2,1-3H3. The lowest BCUT2D eigenvalue weighted by Crippen LogP contribution is -2.22. The molecule has 2 aliphatic rings. The maximum absolute atomic E-state index is 3.96. The number of fused-ring (bicyclic) bond motifs is 2. The molecule has 0 bridgehead atoms. The molecule has 0 saturated carbocycles. The Hall–Kier alpha value is -0.300. The van der Waals surface area contributed by atoms with Crippen molar-refractivity contribution in [3.63, 3.8) is 0 Å². The summed E-state index contributed by atoms with van der Waals surface area (Å²) in [4.78, 5) is 0. The molecule has 0 fully saturated rings. The molecule has 0 aliphatic heterocycles. The predicted octanol–water partition coefficient (Wildman–Crippen LogP) is 6.67. The summed E-state index contributed by atoms with van der Waals surface area (Å²) < 4.78 is 1.48. The SMILES string of the molecule is CCCCCCC(C)(C)c1c2c(c(Br)c3c1CCC3)CCC2. The highest BCUT2D eigenvalue weighted by Gasteiger charge is 2.34. The molecule has 2 aliphatic carbocycles. The van der Waals surface area contributed by atoms with Crippen LogP contribution in [-0.2, 0) is 31.1 Å². The number of unbranched alkanes of at least 4 members (excludes halogenated alkanes) is 3. The van der Waals surface area contributed by atoms with Crippen molar-refractivity contribution in [2.45, 2.75) is 96.8 Å². The smallest absolute Gasteiger partial charge is 0.0245 e. The number of halogens is 1. The molecule has 0 aromatic heterocycles. The fraction of sp³-hybridized carbons (Fsp3) is 0.714. The summed E-state index contributed by atoms with van der Waals surface area (Å²) in [6, 6.07) is 0. The lowest BCUT2D eigenvalue weighted by molar-refractivity contribution is 0.440. The first kappa shape index (κ1) is 16.6. The highest BCUT2D eigenvalue weighted by molar-refractivity contribution is 9.10. The van der Waals surface area contributed by atoms with Gasteiger partial charge in [-0.25, -0.2) is 0 Å². The van der Waals surface area contributed by atoms with E-state index in [0.717, 1.165) is 0 Å². The van der Waals surface area contributed by atoms with E-state index >= 15 is 0 Å². The highest BCUT2D eigenvalue weighted by Crippen LogP contribution is 2.46. The van der Waals surface area contributed by atoms with Crippen molar-refractivity contribution in [1.29, 1.82) is 0 Å². The van der Waals surface area contributed by atoms with Crippen molar-refractivity contribution >= 4 is 15.9 Å². The topological polar surface area (TPSA) is 0 Å². The van der Waals surface area contributed by atoms with Crippen molar-refractivity contribution in [2.75, 3.05) is 0 Å². The van der Waals surface area contributed by atoms with Crippen molar-refractivity contribution < 1.29 is 0 Å². The molecule has 22 heavy (non-hydrogen) atoms. The van der Waals surface area contributed by atoms with Crippen LogP contribution in [0.2, 0.25) is 0 Å². The second-order valence-electron chi connectivity index (χ2n) is 8.00. The van der Waals surface area contributed by atoms with Gasteiger partial charge in [-0.2, -0.15) is 0 Å². The Bertz CT molecular complexity index is 519. The zero-order valence-corrected chi connectivity index (χ0v) is 16.2. The van der Waals surface area contributed by atoms with E-state index in [-0.39, 0.29) is 0 Å². The normalized spacial score (nSPS) is 16.9. The largest absolute Gasteiger partial charge is 0.0654 e. The summed E-state index contributed by atoms with van der Waals surface area (Å²) in [7, 11) is 0. The van der Waals surface area contributed by atoms with Crippen LogP contribution in [0.5, 0.6) is 0 Å². The average molecular weight is 363 g/mol. The van der Waals surface area contributed by atoms with Crippen molar-refractivity contribution in [3.8, 4) is 0 Å². The summed E-state index contributed by atoms with van der Waals surface area (Å²) >= 11 is 3.96. The minimum Gasteiger partial charge on any atom is -0.0654 e. The van der Waals surface area contributed by atoms with Gasteiger partial charge < -0.3 is 0 Å². The first-order chi connectivity index (χ1) is 10.6. The Kier molecular flexibility index (Phi) is 5.02. The molecule has 1 aromatic carbocycles. The Morgan fingerprint density at radius 3 is 1.91 bits per heavy atom. The molecule has 0 atom stereocenters. The average Bonchev–Trinajstić information content (AvgIpc) is 3.13. The molecule has 0 spiro atoms. The lowest BCUT2D eigenvalue weighted by Gasteiger charge is -2.32. The molecular weight excluding hydrogens is 332 g/mol. The van der Waals surface area contributed by atoms with Crippen LogP contribution in [0.25, 0.3) is 0 Å². The fourth-order valence-electron chi connectivity index (χ4n) is 4.82. The van der Waals surface area contributed by atoms with Crippen LogP contribution < -0.4 is 0 Å². The summed E-state index contributed by atoms with van der Waals surface area (Å²) in [6.45, 7) is 7.33. The van der Waals surface area contributed by atoms with Crippen LogP contribution in [0.3, 0.4) is 0 Å². The van der Waals surface area contributed by atoms with Crippen LogP contribution in [0.1, 0.15) is 93.5 Å². The molecule has 0 N–H and O–H groups in total. The van der Waals surface area contributed by atoms with Gasteiger partial charge in [-0.1, -0.05) is 62.4 Å². The monoisotopic (exact) mass is 362 g/mol. The van der Waals surface area contributed by atoms with Gasteiger partial charge in [-0.3, -0.25) is 0 Å². The number of rotatable bonds is 6. The molecule has 1 heteroatoms. The molecule has 0 saturated heterocycles. The Balaban J connectivity index is 1.96. The third kappa shape index (κ3) is 2.90. The molecular formula is C21H31Br. The zero-order chi connectivity index (χ0) is 15.7. The number of benzene rings is 1. The van der Waals surface area contributed by atoms with E-state index in [1.165, 1.54) is 75.1 Å². The third-order valence-corrected chi connectivity index (χ3v) is 6.86. The van der Waals surface area contributed by atoms with E-state index in [1.807, 2.05) is 0 Å². The quantitative estimate of drug-likeness (QED) is 0.495. The van der Waals surface area contributed by atoms with E-state index in [1.54, 1.807) is 27.8 Å². The molecule has 122 valence electrons. The van der Waals surface area contributed by atoms with Crippen LogP contribution in [-0.4, -0.2) is 0 Å². The van der Waals surface area contributed by atoms with Crippen molar-refractivity contribution in [3.05, 3.63) is 32.3 Å². The van der Waals surface area contributed by atoms with E-state index < -0.39 is 0 Å². The van der Waals surface area contributed by atoms with Crippen molar-refractivity contribution in [1.82, 2.24) is 0 Å². The van der Waals surface area contributed by atoms with Crippen LogP contribution in [0.15, 0.2) is 4.47 Å². The Morgan fingerprint density at radius 2 is 1.36 bits per heavy atom. The first-order valence-electron chi connectivity index (χ1n) is 9.41. The third-order valence-electron chi connectivity index (χ3n) is 5.90. The van der Waals surface area contributed by atoms with Gasteiger partial charge in [0.15, 0.2) is 0 Å². The molecule has 0 amide bonds. The van der Waals surface area contributed by atoms with E-state index in [0.29, 0.717) is 5.41 Å². The van der Waals surface area contributed by atoms with E-state index in [9.17, 15) is 0 Å². The fourth-order valence-corrected chi connectivity index (χ4v) is 5.70. The minimum absolute atomic E-state index is 0.358. The second-order valence-corrected chi connectivity index (χ2v) is 8.80. The van der Waals surface area contributed by atoms with Gasteiger partial charge >= 0.3 is 0 Å². The number of hydrogen-bond acceptors (Lipinski definition) is 0. The summed E-state index contributed by atoms with van der Waals surface area (Å²) in [5, 5.41) is 0. The van der Waals surface area contributed by atoms with E-state index in [2.05, 4.69) is 36.7 Å². The van der Waals surface area contributed by atoms with Gasteiger partial charge in [-0.05, 0) is 78.2 Å². The second kappa shape index (κ2) is 6.67. The lowest BCUT2D eigenvalue weighted by atomic mass is 9.74. The maximum atomic E-state index is 3.96. The summed E-state index contributed by atoms with van der Waals surface area (Å²) in [5.41, 5.74) is 8.92. The molecule has 0 heterocycles. The van der Waals surface area contributed by atoms with Crippen LogP contribution in [0, 0.1) is 0 Å². The van der Waals surface area contributed by atoms with Gasteiger partial charge in [0.05, 0.1) is 0 Å². The van der Waals surface area contributed by atoms with Crippen LogP contribution >= 0.6 is 15.9 Å². The molecule has 0 radical (unpaired) electrons. The summed E-state index contributed by atoms with van der Waals surface area (Å²) in [5.74, 6) is 0. The van der Waals surface area contributed by atoms with Gasteiger partial charge in [0, 0.05) is 4.47 Å². The van der Waals surface area contributed by atoms with Crippen LogP contribution in [0.4, 0.5) is 0 Å². The number of hydrogen-bond donors (Lipinski definition) is 0. The van der Waals surface area contributed by atoms with Gasteiger partial charge in [0.25, 0.3) is 0 Å². The summed E-state index contributed by atoms with van der Waals surface area (Å²) in [6.07, 6.45) is 14.8. The molecule has 1 aromatic rings. The van der Waals surface area contributed by atoms with E-state index in [4.69, 9.17) is 0 Å². The first-order valence-corrected chi connectivity index (χ1v) is 10.2. The van der Waals surface area contributed by atoms with Gasteiger partial charge in [-0.15, -0.1) is 0 Å². The van der Waals surface area contributed by atoms with Gasteiger partial charge in [0.1, 0.15) is 0 Å². The Labute approximate surface area is 145 Å². The zero-order valence-electron chi connectivity index (χ0n) is 14.7. The molecule has 0 nitrogen and oxygen atoms in total.